The molecule has 0 unspecified atom stereocenters. The molecular formula is C20H19FN2O. The van der Waals surface area contributed by atoms with Crippen molar-refractivity contribution >= 4 is 0 Å². The van der Waals surface area contributed by atoms with Gasteiger partial charge in [0.1, 0.15) is 5.82 Å². The Kier molecular flexibility index (Phi) is 5.16. The molecule has 0 radical (unpaired) electrons. The summed E-state index contributed by atoms with van der Waals surface area (Å²) in [4.78, 5) is 12.0. The molecule has 1 heterocycles. The molecule has 3 rings (SSSR count). The lowest BCUT2D eigenvalue weighted by molar-refractivity contribution is 0.610. The highest BCUT2D eigenvalue weighted by Crippen LogP contribution is 2.08. The van der Waals surface area contributed by atoms with E-state index in [-0.39, 0.29) is 11.4 Å². The molecule has 0 aliphatic rings. The molecule has 122 valence electrons. The summed E-state index contributed by atoms with van der Waals surface area (Å²) in [5.41, 5.74) is 2.96. The molecular weight excluding hydrogens is 303 g/mol. The van der Waals surface area contributed by atoms with Crippen molar-refractivity contribution in [3.8, 4) is 0 Å². The fourth-order valence-corrected chi connectivity index (χ4v) is 2.62. The van der Waals surface area contributed by atoms with E-state index in [2.05, 4.69) is 5.10 Å². The molecule has 0 atom stereocenters. The average molecular weight is 322 g/mol. The first-order valence-corrected chi connectivity index (χ1v) is 8.06. The van der Waals surface area contributed by atoms with Gasteiger partial charge < -0.3 is 0 Å². The topological polar surface area (TPSA) is 34.9 Å². The molecule has 0 N–H and O–H groups in total. The van der Waals surface area contributed by atoms with Crippen LogP contribution in [0.5, 0.6) is 0 Å². The Hall–Kier alpha value is -2.75. The van der Waals surface area contributed by atoms with Gasteiger partial charge in [0.25, 0.3) is 5.56 Å². The van der Waals surface area contributed by atoms with Gasteiger partial charge in [-0.15, -0.1) is 0 Å². The molecule has 3 nitrogen and oxygen atoms in total. The van der Waals surface area contributed by atoms with Gasteiger partial charge in [-0.05, 0) is 48.6 Å². The summed E-state index contributed by atoms with van der Waals surface area (Å²) in [6, 6.07) is 19.7. The van der Waals surface area contributed by atoms with Crippen LogP contribution in [0.4, 0.5) is 4.39 Å². The van der Waals surface area contributed by atoms with Crippen molar-refractivity contribution in [2.45, 2.75) is 25.8 Å². The van der Waals surface area contributed by atoms with Gasteiger partial charge in [0.15, 0.2) is 0 Å². The van der Waals surface area contributed by atoms with E-state index in [9.17, 15) is 9.18 Å². The first-order valence-electron chi connectivity index (χ1n) is 8.06. The quantitative estimate of drug-likeness (QED) is 0.695. The molecule has 0 saturated carbocycles. The maximum Gasteiger partial charge on any atom is 0.267 e. The van der Waals surface area contributed by atoms with Crippen LogP contribution >= 0.6 is 0 Å². The molecule has 24 heavy (non-hydrogen) atoms. The van der Waals surface area contributed by atoms with E-state index in [4.69, 9.17) is 0 Å². The van der Waals surface area contributed by atoms with Crippen molar-refractivity contribution in [2.24, 2.45) is 0 Å². The molecule has 0 fully saturated rings. The van der Waals surface area contributed by atoms with Crippen molar-refractivity contribution in [3.05, 3.63) is 99.7 Å². The zero-order valence-corrected chi connectivity index (χ0v) is 13.4. The lowest BCUT2D eigenvalue weighted by Gasteiger charge is -2.07. The third-order valence-electron chi connectivity index (χ3n) is 3.91. The lowest BCUT2D eigenvalue weighted by Crippen LogP contribution is -2.23. The fourth-order valence-electron chi connectivity index (χ4n) is 2.62. The second kappa shape index (κ2) is 7.68. The average Bonchev–Trinajstić information content (AvgIpc) is 2.60. The third-order valence-corrected chi connectivity index (χ3v) is 3.91. The summed E-state index contributed by atoms with van der Waals surface area (Å²) in [6.45, 7) is 0.478. The number of nitrogens with zero attached hydrogens (tertiary/aromatic N) is 2. The van der Waals surface area contributed by atoms with Crippen molar-refractivity contribution in [1.29, 1.82) is 0 Å². The summed E-state index contributed by atoms with van der Waals surface area (Å²) < 4.78 is 14.4. The molecule has 0 amide bonds. The highest BCUT2D eigenvalue weighted by atomic mass is 19.1. The molecule has 0 bridgehead atoms. The van der Waals surface area contributed by atoms with Gasteiger partial charge in [0.2, 0.25) is 0 Å². The van der Waals surface area contributed by atoms with Gasteiger partial charge in [-0.1, -0.05) is 42.5 Å². The third kappa shape index (κ3) is 4.38. The van der Waals surface area contributed by atoms with Gasteiger partial charge in [-0.3, -0.25) is 4.79 Å². The monoisotopic (exact) mass is 322 g/mol. The Morgan fingerprint density at radius 2 is 1.58 bits per heavy atom. The van der Waals surface area contributed by atoms with Crippen molar-refractivity contribution in [1.82, 2.24) is 9.78 Å². The Morgan fingerprint density at radius 3 is 2.33 bits per heavy atom. The molecule has 0 aliphatic carbocycles. The molecule has 0 aliphatic heterocycles. The molecule has 2 aromatic carbocycles. The van der Waals surface area contributed by atoms with Crippen LogP contribution in [0.2, 0.25) is 0 Å². The van der Waals surface area contributed by atoms with E-state index < -0.39 is 0 Å². The van der Waals surface area contributed by atoms with Crippen LogP contribution in [-0.2, 0) is 19.4 Å². The zero-order valence-electron chi connectivity index (χ0n) is 13.4. The number of aryl methyl sites for hydroxylation is 2. The Morgan fingerprint density at radius 1 is 0.833 bits per heavy atom. The van der Waals surface area contributed by atoms with E-state index in [1.807, 2.05) is 30.3 Å². The Bertz CT molecular complexity index is 842. The first kappa shape index (κ1) is 16.1. The van der Waals surface area contributed by atoms with Crippen molar-refractivity contribution in [3.63, 3.8) is 0 Å². The van der Waals surface area contributed by atoms with Crippen molar-refractivity contribution in [2.75, 3.05) is 0 Å². The second-order valence-electron chi connectivity index (χ2n) is 5.79. The van der Waals surface area contributed by atoms with Crippen LogP contribution in [0, 0.1) is 5.82 Å². The van der Waals surface area contributed by atoms with Crippen LogP contribution in [0.25, 0.3) is 0 Å². The normalized spacial score (nSPS) is 10.7. The maximum atomic E-state index is 12.9. The number of aromatic nitrogens is 2. The van der Waals surface area contributed by atoms with Crippen molar-refractivity contribution < 1.29 is 4.39 Å². The highest BCUT2D eigenvalue weighted by Gasteiger charge is 2.03. The Labute approximate surface area is 140 Å². The maximum absolute atomic E-state index is 12.9. The summed E-state index contributed by atoms with van der Waals surface area (Å²) in [6.07, 6.45) is 2.55. The van der Waals surface area contributed by atoms with Gasteiger partial charge in [-0.25, -0.2) is 9.07 Å². The molecule has 0 spiro atoms. The van der Waals surface area contributed by atoms with Crippen LogP contribution in [-0.4, -0.2) is 9.78 Å². The summed E-state index contributed by atoms with van der Waals surface area (Å²) in [5, 5.41) is 4.46. The SMILES string of the molecule is O=c1ccc(CCCc2ccc(F)cc2)nn1Cc1ccccc1. The number of benzene rings is 2. The van der Waals surface area contributed by atoms with E-state index in [1.165, 1.54) is 16.8 Å². The molecule has 3 aromatic rings. The van der Waals surface area contributed by atoms with E-state index in [0.717, 1.165) is 36.1 Å². The fraction of sp³-hybridized carbons (Fsp3) is 0.200. The zero-order chi connectivity index (χ0) is 16.8. The van der Waals surface area contributed by atoms with Crippen LogP contribution in [0.1, 0.15) is 23.2 Å². The van der Waals surface area contributed by atoms with Gasteiger partial charge in [0, 0.05) is 6.07 Å². The lowest BCUT2D eigenvalue weighted by atomic mass is 10.1. The van der Waals surface area contributed by atoms with E-state index in [0.29, 0.717) is 6.54 Å². The number of hydrogen-bond acceptors (Lipinski definition) is 2. The minimum atomic E-state index is -0.214. The summed E-state index contributed by atoms with van der Waals surface area (Å²) >= 11 is 0. The summed E-state index contributed by atoms with van der Waals surface area (Å²) in [5.74, 6) is -0.214. The second-order valence-corrected chi connectivity index (χ2v) is 5.79. The largest absolute Gasteiger partial charge is 0.268 e. The van der Waals surface area contributed by atoms with Gasteiger partial charge >= 0.3 is 0 Å². The number of rotatable bonds is 6. The molecule has 0 saturated heterocycles. The van der Waals surface area contributed by atoms with E-state index in [1.54, 1.807) is 24.3 Å². The van der Waals surface area contributed by atoms with Gasteiger partial charge in [0.05, 0.1) is 12.2 Å². The minimum Gasteiger partial charge on any atom is -0.268 e. The van der Waals surface area contributed by atoms with Crippen LogP contribution < -0.4 is 5.56 Å². The van der Waals surface area contributed by atoms with Crippen LogP contribution in [0.15, 0.2) is 71.5 Å². The minimum absolute atomic E-state index is 0.0962. The van der Waals surface area contributed by atoms with Crippen LogP contribution in [0.3, 0.4) is 0 Å². The predicted octanol–water partition coefficient (Wildman–Crippen LogP) is 3.61. The molecule has 1 aromatic heterocycles. The predicted molar refractivity (Wildman–Crippen MR) is 92.5 cm³/mol. The smallest absolute Gasteiger partial charge is 0.267 e. The molecule has 4 heteroatoms. The summed E-state index contributed by atoms with van der Waals surface area (Å²) in [7, 11) is 0. The number of hydrogen-bond donors (Lipinski definition) is 0. The first-order chi connectivity index (χ1) is 11.7. The van der Waals surface area contributed by atoms with Gasteiger partial charge in [-0.2, -0.15) is 5.10 Å². The number of halogens is 1. The standard InChI is InChI=1S/C20H19FN2O/c21-18-11-9-16(10-12-18)7-4-8-19-13-14-20(24)23(22-19)15-17-5-2-1-3-6-17/h1-3,5-6,9-14H,4,7-8,15H2. The Balaban J connectivity index is 1.63. The van der Waals surface area contributed by atoms with E-state index >= 15 is 0 Å². The highest BCUT2D eigenvalue weighted by molar-refractivity contribution is 5.17.